The van der Waals surface area contributed by atoms with Crippen molar-refractivity contribution in [2.24, 2.45) is 5.92 Å². The Labute approximate surface area is 185 Å². The highest BCUT2D eigenvalue weighted by Gasteiger charge is 2.28. The van der Waals surface area contributed by atoms with E-state index in [1.165, 1.54) is 10.2 Å². The fourth-order valence-electron chi connectivity index (χ4n) is 4.84. The molecule has 1 fully saturated rings. The summed E-state index contributed by atoms with van der Waals surface area (Å²) in [6, 6.07) is 12.4. The lowest BCUT2D eigenvalue weighted by atomic mass is 9.84. The normalized spacial score (nSPS) is 19.4. The zero-order valence-electron chi connectivity index (χ0n) is 17.4. The molecule has 9 heteroatoms. The van der Waals surface area contributed by atoms with Crippen LogP contribution in [0, 0.1) is 17.2 Å². The van der Waals surface area contributed by atoms with Crippen molar-refractivity contribution in [3.63, 3.8) is 0 Å². The fraction of sp³-hybridized carbons (Fsp3) is 0.348. The number of rotatable bonds is 5. The Bertz CT molecular complexity index is 1430. The number of fused-ring (bicyclic) bond motifs is 3. The molecule has 0 saturated heterocycles. The van der Waals surface area contributed by atoms with Crippen molar-refractivity contribution < 1.29 is 13.5 Å². The molecule has 1 aliphatic rings. The molecule has 1 saturated carbocycles. The molecule has 3 heterocycles. The van der Waals surface area contributed by atoms with Gasteiger partial charge in [0.1, 0.15) is 17.9 Å². The van der Waals surface area contributed by atoms with E-state index in [4.69, 9.17) is 5.26 Å². The predicted molar refractivity (Wildman–Crippen MR) is 119 cm³/mol. The third-order valence-electron chi connectivity index (χ3n) is 6.40. The van der Waals surface area contributed by atoms with E-state index in [1.54, 1.807) is 42.6 Å². The minimum absolute atomic E-state index is 0.136. The van der Waals surface area contributed by atoms with Crippen molar-refractivity contribution in [2.75, 3.05) is 0 Å². The minimum Gasteiger partial charge on any atom is -0.388 e. The highest BCUT2D eigenvalue weighted by molar-refractivity contribution is 7.90. The van der Waals surface area contributed by atoms with Gasteiger partial charge >= 0.3 is 0 Å². The topological polar surface area (TPSA) is 114 Å². The molecule has 32 heavy (non-hydrogen) atoms. The molecule has 1 aliphatic carbocycles. The second-order valence-electron chi connectivity index (χ2n) is 8.25. The maximum absolute atomic E-state index is 13.2. The molecule has 0 atom stereocenters. The van der Waals surface area contributed by atoms with E-state index in [1.807, 2.05) is 0 Å². The SMILES string of the molecule is N#CC[C@H]1CC[C@H](n2c(CO)nc3cnc4c(ccn4S(=O)(=O)c4ccccc4)c32)CC1. The molecule has 8 nitrogen and oxygen atoms in total. The molecule has 4 aromatic rings. The first-order valence-electron chi connectivity index (χ1n) is 10.7. The van der Waals surface area contributed by atoms with Crippen molar-refractivity contribution in [1.29, 1.82) is 5.26 Å². The van der Waals surface area contributed by atoms with Crippen LogP contribution in [0.5, 0.6) is 0 Å². The molecule has 0 radical (unpaired) electrons. The summed E-state index contributed by atoms with van der Waals surface area (Å²) in [5.41, 5.74) is 1.77. The Morgan fingerprint density at radius 2 is 1.88 bits per heavy atom. The molecule has 1 aromatic carbocycles. The summed E-state index contributed by atoms with van der Waals surface area (Å²) in [6.45, 7) is -0.211. The summed E-state index contributed by atoms with van der Waals surface area (Å²) in [4.78, 5) is 9.20. The Hall–Kier alpha value is -3.22. The molecular weight excluding hydrogens is 426 g/mol. The van der Waals surface area contributed by atoms with Crippen LogP contribution in [0.3, 0.4) is 0 Å². The standard InChI is InChI=1S/C23H23N5O3S/c24-12-10-16-6-8-17(9-7-16)28-21(15-29)26-20-14-25-23-19(22(20)28)11-13-27(23)32(30,31)18-4-2-1-3-5-18/h1-5,11,13-14,16-17,29H,6-10,15H2/t16-,17-. The third kappa shape index (κ3) is 3.27. The van der Waals surface area contributed by atoms with Gasteiger partial charge in [0.25, 0.3) is 10.0 Å². The molecule has 0 aliphatic heterocycles. The molecule has 0 amide bonds. The summed E-state index contributed by atoms with van der Waals surface area (Å²) in [6.07, 6.45) is 7.33. The number of nitrogens with zero attached hydrogens (tertiary/aromatic N) is 5. The Kier molecular flexibility index (Phi) is 5.19. The van der Waals surface area contributed by atoms with Crippen LogP contribution >= 0.6 is 0 Å². The number of hydrogen-bond donors (Lipinski definition) is 1. The molecule has 1 N–H and O–H groups in total. The molecule has 0 unspecified atom stereocenters. The average molecular weight is 450 g/mol. The summed E-state index contributed by atoms with van der Waals surface area (Å²) >= 11 is 0. The Balaban J connectivity index is 1.65. The number of nitriles is 1. The minimum atomic E-state index is -3.80. The van der Waals surface area contributed by atoms with Gasteiger partial charge in [-0.3, -0.25) is 0 Å². The van der Waals surface area contributed by atoms with E-state index in [2.05, 4.69) is 20.6 Å². The van der Waals surface area contributed by atoms with Crippen LogP contribution in [0.2, 0.25) is 0 Å². The lowest BCUT2D eigenvalue weighted by Crippen LogP contribution is -2.20. The number of benzene rings is 1. The van der Waals surface area contributed by atoms with E-state index in [-0.39, 0.29) is 17.5 Å². The summed E-state index contributed by atoms with van der Waals surface area (Å²) < 4.78 is 29.7. The summed E-state index contributed by atoms with van der Waals surface area (Å²) in [5, 5.41) is 19.7. The largest absolute Gasteiger partial charge is 0.388 e. The van der Waals surface area contributed by atoms with Crippen LogP contribution in [-0.4, -0.2) is 32.0 Å². The van der Waals surface area contributed by atoms with Crippen LogP contribution in [0.1, 0.15) is 44.0 Å². The molecule has 5 rings (SSSR count). The van der Waals surface area contributed by atoms with Gasteiger partial charge in [0.05, 0.1) is 22.7 Å². The summed E-state index contributed by atoms with van der Waals surface area (Å²) in [7, 11) is -3.80. The van der Waals surface area contributed by atoms with Crippen molar-refractivity contribution >= 4 is 32.1 Å². The zero-order valence-corrected chi connectivity index (χ0v) is 18.2. The highest BCUT2D eigenvalue weighted by atomic mass is 32.2. The molecule has 0 spiro atoms. The maximum atomic E-state index is 13.2. The number of pyridine rings is 1. The first-order chi connectivity index (χ1) is 15.5. The Morgan fingerprint density at radius 3 is 2.56 bits per heavy atom. The number of aliphatic hydroxyl groups excluding tert-OH is 1. The zero-order chi connectivity index (χ0) is 22.3. The van der Waals surface area contributed by atoms with Gasteiger partial charge in [0.2, 0.25) is 0 Å². The van der Waals surface area contributed by atoms with Crippen molar-refractivity contribution in [1.82, 2.24) is 18.5 Å². The van der Waals surface area contributed by atoms with Gasteiger partial charge in [-0.25, -0.2) is 22.4 Å². The van der Waals surface area contributed by atoms with E-state index < -0.39 is 10.0 Å². The van der Waals surface area contributed by atoms with Crippen LogP contribution in [0.25, 0.3) is 22.1 Å². The maximum Gasteiger partial charge on any atom is 0.269 e. The lowest BCUT2D eigenvalue weighted by Gasteiger charge is -2.29. The monoisotopic (exact) mass is 449 g/mol. The smallest absolute Gasteiger partial charge is 0.269 e. The molecule has 0 bridgehead atoms. The first kappa shape index (κ1) is 20.7. The van der Waals surface area contributed by atoms with Gasteiger partial charge in [-0.1, -0.05) is 18.2 Å². The molecule has 164 valence electrons. The van der Waals surface area contributed by atoms with Gasteiger partial charge in [-0.2, -0.15) is 5.26 Å². The quantitative estimate of drug-likeness (QED) is 0.496. The third-order valence-corrected chi connectivity index (χ3v) is 8.08. The van der Waals surface area contributed by atoms with Gasteiger partial charge < -0.3 is 9.67 Å². The fourth-order valence-corrected chi connectivity index (χ4v) is 6.16. The van der Waals surface area contributed by atoms with Crippen LogP contribution in [-0.2, 0) is 16.6 Å². The van der Waals surface area contributed by atoms with Gasteiger partial charge in [-0.15, -0.1) is 0 Å². The van der Waals surface area contributed by atoms with E-state index in [9.17, 15) is 13.5 Å². The van der Waals surface area contributed by atoms with Crippen molar-refractivity contribution in [3.05, 3.63) is 54.6 Å². The van der Waals surface area contributed by atoms with Crippen molar-refractivity contribution in [3.8, 4) is 6.07 Å². The van der Waals surface area contributed by atoms with Crippen LogP contribution in [0.4, 0.5) is 0 Å². The van der Waals surface area contributed by atoms with Gasteiger partial charge in [0, 0.05) is 24.0 Å². The number of hydrogen-bond acceptors (Lipinski definition) is 6. The first-order valence-corrected chi connectivity index (χ1v) is 12.1. The second kappa shape index (κ2) is 8.04. The summed E-state index contributed by atoms with van der Waals surface area (Å²) in [5.74, 6) is 0.957. The lowest BCUT2D eigenvalue weighted by molar-refractivity contribution is 0.239. The number of aromatic nitrogens is 4. The van der Waals surface area contributed by atoms with Crippen LogP contribution < -0.4 is 0 Å². The second-order valence-corrected chi connectivity index (χ2v) is 10.1. The van der Waals surface area contributed by atoms with E-state index >= 15 is 0 Å². The predicted octanol–water partition coefficient (Wildman–Crippen LogP) is 3.76. The number of imidazole rings is 1. The number of aliphatic hydroxyl groups is 1. The van der Waals surface area contributed by atoms with Gasteiger partial charge in [-0.05, 0) is 49.8 Å². The van der Waals surface area contributed by atoms with Crippen molar-refractivity contribution in [2.45, 2.75) is 49.6 Å². The van der Waals surface area contributed by atoms with Crippen LogP contribution in [0.15, 0.2) is 53.7 Å². The average Bonchev–Trinajstić information content (AvgIpc) is 3.42. The molecular formula is C23H23N5O3S. The highest BCUT2D eigenvalue weighted by Crippen LogP contribution is 2.38. The molecule has 3 aromatic heterocycles. The van der Waals surface area contributed by atoms with Gasteiger partial charge in [0.15, 0.2) is 5.65 Å². The van der Waals surface area contributed by atoms with E-state index in [0.29, 0.717) is 34.7 Å². The Morgan fingerprint density at radius 1 is 1.12 bits per heavy atom. The van der Waals surface area contributed by atoms with E-state index in [0.717, 1.165) is 31.2 Å².